The number of benzene rings is 1. The molecule has 0 spiro atoms. The number of amides is 1. The van der Waals surface area contributed by atoms with Gasteiger partial charge >= 0.3 is 0 Å². The van der Waals surface area contributed by atoms with Crippen LogP contribution >= 0.6 is 0 Å². The quantitative estimate of drug-likeness (QED) is 0.867. The second-order valence-electron chi connectivity index (χ2n) is 6.47. The second kappa shape index (κ2) is 7.18. The molecule has 2 atom stereocenters. The van der Waals surface area contributed by atoms with Crippen LogP contribution in [0.3, 0.4) is 0 Å². The van der Waals surface area contributed by atoms with Gasteiger partial charge in [-0.3, -0.25) is 9.48 Å². The number of nitrogens with zero attached hydrogens (tertiary/aromatic N) is 3. The lowest BCUT2D eigenvalue weighted by Crippen LogP contribution is -2.52. The van der Waals surface area contributed by atoms with Gasteiger partial charge in [0.05, 0.1) is 23.4 Å². The molecule has 24 heavy (non-hydrogen) atoms. The van der Waals surface area contributed by atoms with Gasteiger partial charge in [-0.15, -0.1) is 0 Å². The topological polar surface area (TPSA) is 47.4 Å². The van der Waals surface area contributed by atoms with E-state index in [0.717, 1.165) is 31.5 Å². The molecule has 0 radical (unpaired) electrons. The molecule has 2 aromatic rings. The van der Waals surface area contributed by atoms with E-state index in [0.29, 0.717) is 5.56 Å². The Labute approximate surface area is 143 Å². The Kier molecular flexibility index (Phi) is 5.00. The fourth-order valence-electron chi connectivity index (χ4n) is 3.61. The average Bonchev–Trinajstić information content (AvgIpc) is 2.93. The Morgan fingerprint density at radius 3 is 2.71 bits per heavy atom. The third-order valence-electron chi connectivity index (χ3n) is 4.81. The zero-order chi connectivity index (χ0) is 17.1. The first-order valence-electron chi connectivity index (χ1n) is 8.48. The summed E-state index contributed by atoms with van der Waals surface area (Å²) in [4.78, 5) is 15.1. The number of aromatic nitrogens is 2. The summed E-state index contributed by atoms with van der Waals surface area (Å²) in [6.07, 6.45) is 4.65. The van der Waals surface area contributed by atoms with Crippen molar-refractivity contribution in [2.75, 3.05) is 13.7 Å². The molecule has 3 rings (SSSR count). The van der Waals surface area contributed by atoms with E-state index < -0.39 is 0 Å². The number of rotatable bonds is 4. The van der Waals surface area contributed by atoms with Crippen LogP contribution in [0.1, 0.15) is 34.5 Å². The largest absolute Gasteiger partial charge is 0.379 e. The number of aryl methyl sites for hydroxylation is 2. The molecular formula is C19H25N3O2. The maximum Gasteiger partial charge on any atom is 0.257 e. The fraction of sp³-hybridized carbons (Fsp3) is 0.474. The molecule has 0 bridgehead atoms. The number of ether oxygens (including phenoxy) is 1. The minimum Gasteiger partial charge on any atom is -0.379 e. The zero-order valence-electron chi connectivity index (χ0n) is 14.6. The summed E-state index contributed by atoms with van der Waals surface area (Å²) in [5, 5.41) is 4.31. The second-order valence-corrected chi connectivity index (χ2v) is 6.47. The molecule has 1 amide bonds. The number of carbonyl (C=O) groups is 1. The summed E-state index contributed by atoms with van der Waals surface area (Å²) in [5.41, 5.74) is 2.69. The van der Waals surface area contributed by atoms with Crippen molar-refractivity contribution in [2.45, 2.75) is 38.3 Å². The summed E-state index contributed by atoms with van der Waals surface area (Å²) in [6.45, 7) is 2.65. The average molecular weight is 327 g/mol. The van der Waals surface area contributed by atoms with E-state index in [9.17, 15) is 4.79 Å². The van der Waals surface area contributed by atoms with Crippen molar-refractivity contribution >= 4 is 5.91 Å². The van der Waals surface area contributed by atoms with Crippen molar-refractivity contribution in [2.24, 2.45) is 7.05 Å². The van der Waals surface area contributed by atoms with Crippen LogP contribution in [-0.4, -0.2) is 46.4 Å². The highest BCUT2D eigenvalue weighted by Crippen LogP contribution is 2.25. The molecule has 1 aromatic heterocycles. The molecule has 1 aliphatic rings. The van der Waals surface area contributed by atoms with Crippen molar-refractivity contribution in [3.05, 3.63) is 53.3 Å². The fourth-order valence-corrected chi connectivity index (χ4v) is 3.61. The minimum absolute atomic E-state index is 0.0539. The van der Waals surface area contributed by atoms with Crippen LogP contribution in [0.2, 0.25) is 0 Å². The molecule has 1 aromatic carbocycles. The van der Waals surface area contributed by atoms with Gasteiger partial charge in [0, 0.05) is 26.9 Å². The standard InChI is InChI=1S/C19H25N3O2/c1-14-16(13-21(2)20-14)19(23)22-11-7-10-18(24-3)17(22)12-15-8-5-4-6-9-15/h4-6,8-9,13,17-18H,7,10-12H2,1-3H3/t17-,18-/m0/s1. The Bertz CT molecular complexity index is 696. The maximum atomic E-state index is 13.1. The summed E-state index contributed by atoms with van der Waals surface area (Å²) in [5.74, 6) is 0.0586. The molecule has 128 valence electrons. The lowest BCUT2D eigenvalue weighted by atomic mass is 9.92. The number of hydrogen-bond acceptors (Lipinski definition) is 3. The Hall–Kier alpha value is -2.14. The molecule has 5 nitrogen and oxygen atoms in total. The van der Waals surface area contributed by atoms with Gasteiger partial charge < -0.3 is 9.64 Å². The molecule has 0 aliphatic carbocycles. The van der Waals surface area contributed by atoms with Crippen LogP contribution < -0.4 is 0 Å². The van der Waals surface area contributed by atoms with E-state index in [4.69, 9.17) is 4.74 Å². The highest BCUT2D eigenvalue weighted by Gasteiger charge is 2.35. The molecule has 0 saturated carbocycles. The first-order valence-corrected chi connectivity index (χ1v) is 8.48. The summed E-state index contributed by atoms with van der Waals surface area (Å²) in [7, 11) is 3.59. The van der Waals surface area contributed by atoms with Gasteiger partial charge in [-0.05, 0) is 31.7 Å². The van der Waals surface area contributed by atoms with Gasteiger partial charge in [0.15, 0.2) is 0 Å². The van der Waals surface area contributed by atoms with Gasteiger partial charge in [0.25, 0.3) is 5.91 Å². The smallest absolute Gasteiger partial charge is 0.257 e. The molecule has 1 aliphatic heterocycles. The van der Waals surface area contributed by atoms with Gasteiger partial charge in [0.1, 0.15) is 0 Å². The number of methoxy groups -OCH3 is 1. The van der Waals surface area contributed by atoms with Crippen molar-refractivity contribution < 1.29 is 9.53 Å². The molecule has 1 saturated heterocycles. The van der Waals surface area contributed by atoms with Gasteiger partial charge in [-0.2, -0.15) is 5.10 Å². The van der Waals surface area contributed by atoms with Crippen LogP contribution in [0.5, 0.6) is 0 Å². The summed E-state index contributed by atoms with van der Waals surface area (Å²) < 4.78 is 7.41. The Morgan fingerprint density at radius 1 is 1.33 bits per heavy atom. The first-order chi connectivity index (χ1) is 11.6. The number of likely N-dealkylation sites (tertiary alicyclic amines) is 1. The molecular weight excluding hydrogens is 302 g/mol. The van der Waals surface area contributed by atoms with Gasteiger partial charge in [0.2, 0.25) is 0 Å². The number of hydrogen-bond donors (Lipinski definition) is 0. The summed E-state index contributed by atoms with van der Waals surface area (Å²) in [6, 6.07) is 10.4. The van der Waals surface area contributed by atoms with Crippen molar-refractivity contribution in [1.29, 1.82) is 0 Å². The van der Waals surface area contributed by atoms with Crippen molar-refractivity contribution in [3.8, 4) is 0 Å². The minimum atomic E-state index is 0.0539. The van der Waals surface area contributed by atoms with Crippen molar-refractivity contribution in [1.82, 2.24) is 14.7 Å². The van der Waals surface area contributed by atoms with Crippen LogP contribution in [0, 0.1) is 6.92 Å². The Morgan fingerprint density at radius 2 is 2.08 bits per heavy atom. The maximum absolute atomic E-state index is 13.1. The lowest BCUT2D eigenvalue weighted by Gasteiger charge is -2.40. The van der Waals surface area contributed by atoms with E-state index in [1.807, 2.05) is 43.3 Å². The highest BCUT2D eigenvalue weighted by atomic mass is 16.5. The van der Waals surface area contributed by atoms with Crippen LogP contribution in [0.4, 0.5) is 0 Å². The van der Waals surface area contributed by atoms with Crippen LogP contribution in [0.15, 0.2) is 36.5 Å². The molecule has 0 unspecified atom stereocenters. The predicted octanol–water partition coefficient (Wildman–Crippen LogP) is 2.59. The molecule has 1 fully saturated rings. The SMILES string of the molecule is CO[C@H]1CCCN(C(=O)c2cn(C)nc2C)[C@H]1Cc1ccccc1. The van der Waals surface area contributed by atoms with Gasteiger partial charge in [-0.25, -0.2) is 0 Å². The number of carbonyl (C=O) groups excluding carboxylic acids is 1. The van der Waals surface area contributed by atoms with Gasteiger partial charge in [-0.1, -0.05) is 30.3 Å². The third-order valence-corrected chi connectivity index (χ3v) is 4.81. The van der Waals surface area contributed by atoms with Crippen LogP contribution in [0.25, 0.3) is 0 Å². The van der Waals surface area contributed by atoms with Crippen LogP contribution in [-0.2, 0) is 18.2 Å². The van der Waals surface area contributed by atoms with E-state index >= 15 is 0 Å². The van der Waals surface area contributed by atoms with Crippen molar-refractivity contribution in [3.63, 3.8) is 0 Å². The third kappa shape index (κ3) is 3.36. The number of piperidine rings is 1. The first kappa shape index (κ1) is 16.7. The van der Waals surface area contributed by atoms with E-state index in [-0.39, 0.29) is 18.1 Å². The lowest BCUT2D eigenvalue weighted by molar-refractivity contribution is -0.0117. The normalized spacial score (nSPS) is 21.0. The zero-order valence-corrected chi connectivity index (χ0v) is 14.6. The highest BCUT2D eigenvalue weighted by molar-refractivity contribution is 5.95. The van der Waals surface area contributed by atoms with E-state index in [1.54, 1.807) is 11.8 Å². The summed E-state index contributed by atoms with van der Waals surface area (Å²) >= 11 is 0. The molecule has 2 heterocycles. The molecule has 0 N–H and O–H groups in total. The van der Waals surface area contributed by atoms with E-state index in [2.05, 4.69) is 17.2 Å². The Balaban J connectivity index is 1.88. The monoisotopic (exact) mass is 327 g/mol. The predicted molar refractivity (Wildman–Crippen MR) is 92.9 cm³/mol. The molecule has 5 heteroatoms. The van der Waals surface area contributed by atoms with E-state index in [1.165, 1.54) is 5.56 Å².